The second-order valence-electron chi connectivity index (χ2n) is 7.42. The molecule has 1 aliphatic heterocycles. The summed E-state index contributed by atoms with van der Waals surface area (Å²) in [5, 5.41) is 1.04. The van der Waals surface area contributed by atoms with Gasteiger partial charge in [-0.25, -0.2) is 0 Å². The lowest BCUT2D eigenvalue weighted by molar-refractivity contribution is 0.103. The smallest absolute Gasteiger partial charge is 0.195 e. The number of ether oxygens (including phenoxy) is 1. The predicted octanol–water partition coefficient (Wildman–Crippen LogP) is 4.28. The maximum Gasteiger partial charge on any atom is 0.195 e. The zero-order valence-corrected chi connectivity index (χ0v) is 16.2. The number of likely N-dealkylation sites (tertiary alicyclic amines) is 1. The Morgan fingerprint density at radius 2 is 1.89 bits per heavy atom. The second-order valence-corrected chi connectivity index (χ2v) is 7.42. The van der Waals surface area contributed by atoms with Crippen molar-refractivity contribution in [2.45, 2.75) is 32.4 Å². The van der Waals surface area contributed by atoms with E-state index < -0.39 is 0 Å². The minimum atomic E-state index is 0.0740. The van der Waals surface area contributed by atoms with Crippen LogP contribution in [-0.4, -0.2) is 42.0 Å². The maximum atomic E-state index is 13.3. The summed E-state index contributed by atoms with van der Waals surface area (Å²) in [5.74, 6) is 0.833. The summed E-state index contributed by atoms with van der Waals surface area (Å²) in [6.45, 7) is 4.16. The van der Waals surface area contributed by atoms with Crippen LogP contribution in [-0.2, 0) is 6.54 Å². The molecule has 1 aromatic heterocycles. The first-order valence-electron chi connectivity index (χ1n) is 9.57. The van der Waals surface area contributed by atoms with Crippen molar-refractivity contribution < 1.29 is 9.53 Å². The molecule has 0 N–H and O–H groups in total. The van der Waals surface area contributed by atoms with E-state index in [1.807, 2.05) is 30.3 Å². The van der Waals surface area contributed by atoms with Crippen LogP contribution in [0.3, 0.4) is 0 Å². The second kappa shape index (κ2) is 7.20. The molecule has 3 aromatic rings. The minimum Gasteiger partial charge on any atom is -0.497 e. The van der Waals surface area contributed by atoms with Crippen molar-refractivity contribution >= 4 is 16.7 Å². The molecule has 1 fully saturated rings. The van der Waals surface area contributed by atoms with E-state index in [9.17, 15) is 4.79 Å². The van der Waals surface area contributed by atoms with Crippen molar-refractivity contribution in [1.29, 1.82) is 0 Å². The standard InChI is InChI=1S/C23H26N2O2/c1-16-22(23(26)17-10-12-19(27-3)13-11-17)20-8-4-5-9-21(20)25(16)15-18-7-6-14-24(18)2/h4-5,8-13,18H,6-7,14-15H2,1-3H3/t18-/m0/s1. The van der Waals surface area contributed by atoms with E-state index in [2.05, 4.69) is 41.6 Å². The van der Waals surface area contributed by atoms with E-state index in [0.29, 0.717) is 11.6 Å². The number of hydrogen-bond donors (Lipinski definition) is 0. The van der Waals surface area contributed by atoms with E-state index in [1.165, 1.54) is 12.8 Å². The van der Waals surface area contributed by atoms with Crippen molar-refractivity contribution in [2.24, 2.45) is 0 Å². The molecule has 0 aliphatic carbocycles. The van der Waals surface area contributed by atoms with Gasteiger partial charge in [-0.15, -0.1) is 0 Å². The number of likely N-dealkylation sites (N-methyl/N-ethyl adjacent to an activating group) is 1. The molecule has 2 aromatic carbocycles. The Hall–Kier alpha value is -2.59. The zero-order chi connectivity index (χ0) is 19.0. The fraction of sp³-hybridized carbons (Fsp3) is 0.348. The number of benzene rings is 2. The van der Waals surface area contributed by atoms with Gasteiger partial charge in [-0.3, -0.25) is 4.79 Å². The number of nitrogens with zero attached hydrogens (tertiary/aromatic N) is 2. The number of carbonyl (C=O) groups excluding carboxylic acids is 1. The Kier molecular flexibility index (Phi) is 4.75. The molecule has 1 atom stereocenters. The molecule has 0 spiro atoms. The number of rotatable bonds is 5. The Morgan fingerprint density at radius 3 is 2.56 bits per heavy atom. The molecular weight excluding hydrogens is 336 g/mol. The third-order valence-corrected chi connectivity index (χ3v) is 5.87. The van der Waals surface area contributed by atoms with Gasteiger partial charge in [-0.1, -0.05) is 18.2 Å². The summed E-state index contributed by atoms with van der Waals surface area (Å²) in [7, 11) is 3.83. The van der Waals surface area contributed by atoms with Crippen LogP contribution in [0, 0.1) is 6.92 Å². The largest absolute Gasteiger partial charge is 0.497 e. The summed E-state index contributed by atoms with van der Waals surface area (Å²) in [4.78, 5) is 15.8. The van der Waals surface area contributed by atoms with Crippen LogP contribution in [0.4, 0.5) is 0 Å². The molecule has 0 saturated carbocycles. The van der Waals surface area contributed by atoms with Crippen molar-refractivity contribution in [1.82, 2.24) is 9.47 Å². The van der Waals surface area contributed by atoms with Gasteiger partial charge < -0.3 is 14.2 Å². The zero-order valence-electron chi connectivity index (χ0n) is 16.2. The first-order chi connectivity index (χ1) is 13.1. The fourth-order valence-electron chi connectivity index (χ4n) is 4.26. The van der Waals surface area contributed by atoms with Crippen LogP contribution in [0.5, 0.6) is 5.75 Å². The molecular formula is C23H26N2O2. The first kappa shape index (κ1) is 17.8. The van der Waals surface area contributed by atoms with E-state index in [4.69, 9.17) is 4.74 Å². The molecule has 140 valence electrons. The van der Waals surface area contributed by atoms with E-state index in [-0.39, 0.29) is 5.78 Å². The highest BCUT2D eigenvalue weighted by Crippen LogP contribution is 2.30. The number of fused-ring (bicyclic) bond motifs is 1. The van der Waals surface area contributed by atoms with Crippen LogP contribution < -0.4 is 4.74 Å². The summed E-state index contributed by atoms with van der Waals surface area (Å²) in [6, 6.07) is 16.2. The highest BCUT2D eigenvalue weighted by molar-refractivity contribution is 6.17. The van der Waals surface area contributed by atoms with Gasteiger partial charge in [0.2, 0.25) is 0 Å². The third kappa shape index (κ3) is 3.15. The van der Waals surface area contributed by atoms with Crippen LogP contribution in [0.2, 0.25) is 0 Å². The van der Waals surface area contributed by atoms with E-state index in [1.54, 1.807) is 7.11 Å². The molecule has 0 radical (unpaired) electrons. The summed E-state index contributed by atoms with van der Waals surface area (Å²) in [5.41, 5.74) is 3.71. The van der Waals surface area contributed by atoms with Gasteiger partial charge in [-0.2, -0.15) is 0 Å². The van der Waals surface area contributed by atoms with Crippen LogP contribution in [0.1, 0.15) is 34.5 Å². The lowest BCUT2D eigenvalue weighted by atomic mass is 10.0. The average Bonchev–Trinajstić information content (AvgIpc) is 3.23. The first-order valence-corrected chi connectivity index (χ1v) is 9.57. The minimum absolute atomic E-state index is 0.0740. The highest BCUT2D eigenvalue weighted by atomic mass is 16.5. The Balaban J connectivity index is 1.78. The average molecular weight is 362 g/mol. The van der Waals surface area contributed by atoms with Gasteiger partial charge in [-0.05, 0) is 63.7 Å². The lowest BCUT2D eigenvalue weighted by Gasteiger charge is -2.21. The summed E-state index contributed by atoms with van der Waals surface area (Å²) >= 11 is 0. The van der Waals surface area contributed by atoms with Gasteiger partial charge >= 0.3 is 0 Å². The van der Waals surface area contributed by atoms with Crippen LogP contribution in [0.15, 0.2) is 48.5 Å². The molecule has 4 nitrogen and oxygen atoms in total. The Morgan fingerprint density at radius 1 is 1.15 bits per heavy atom. The monoisotopic (exact) mass is 362 g/mol. The molecule has 0 amide bonds. The van der Waals surface area contributed by atoms with Gasteiger partial charge in [0, 0.05) is 34.7 Å². The number of hydrogen-bond acceptors (Lipinski definition) is 3. The Bertz CT molecular complexity index is 972. The fourth-order valence-corrected chi connectivity index (χ4v) is 4.26. The molecule has 4 heteroatoms. The Labute approximate surface area is 160 Å². The number of methoxy groups -OCH3 is 1. The number of para-hydroxylation sites is 1. The topological polar surface area (TPSA) is 34.5 Å². The lowest BCUT2D eigenvalue weighted by Crippen LogP contribution is -2.29. The summed E-state index contributed by atoms with van der Waals surface area (Å²) in [6.07, 6.45) is 2.46. The maximum absolute atomic E-state index is 13.3. The normalized spacial score (nSPS) is 17.5. The highest BCUT2D eigenvalue weighted by Gasteiger charge is 2.25. The molecule has 0 bridgehead atoms. The molecule has 27 heavy (non-hydrogen) atoms. The van der Waals surface area contributed by atoms with Crippen molar-refractivity contribution in [2.75, 3.05) is 20.7 Å². The van der Waals surface area contributed by atoms with Gasteiger partial charge in [0.25, 0.3) is 0 Å². The van der Waals surface area contributed by atoms with E-state index >= 15 is 0 Å². The molecule has 0 unspecified atom stereocenters. The van der Waals surface area contributed by atoms with Gasteiger partial charge in [0.15, 0.2) is 5.78 Å². The van der Waals surface area contributed by atoms with Crippen LogP contribution >= 0.6 is 0 Å². The molecule has 2 heterocycles. The number of carbonyl (C=O) groups is 1. The predicted molar refractivity (Wildman–Crippen MR) is 109 cm³/mol. The van der Waals surface area contributed by atoms with Gasteiger partial charge in [0.05, 0.1) is 12.7 Å². The number of aromatic nitrogens is 1. The quantitative estimate of drug-likeness (QED) is 0.635. The SMILES string of the molecule is COc1ccc(C(=O)c2c(C)n(C[C@@H]3CCCN3C)c3ccccc23)cc1. The van der Waals surface area contributed by atoms with Gasteiger partial charge in [0.1, 0.15) is 5.75 Å². The molecule has 4 rings (SSSR count). The van der Waals surface area contributed by atoms with Crippen molar-refractivity contribution in [3.05, 3.63) is 65.4 Å². The van der Waals surface area contributed by atoms with Crippen molar-refractivity contribution in [3.8, 4) is 5.75 Å². The van der Waals surface area contributed by atoms with Crippen molar-refractivity contribution in [3.63, 3.8) is 0 Å². The molecule has 1 saturated heterocycles. The summed E-state index contributed by atoms with van der Waals surface area (Å²) < 4.78 is 7.55. The third-order valence-electron chi connectivity index (χ3n) is 5.87. The molecule has 1 aliphatic rings. The van der Waals surface area contributed by atoms with E-state index in [0.717, 1.165) is 41.0 Å². The number of ketones is 1. The van der Waals surface area contributed by atoms with Crippen LogP contribution in [0.25, 0.3) is 10.9 Å².